The van der Waals surface area contributed by atoms with E-state index >= 15 is 0 Å². The van der Waals surface area contributed by atoms with Crippen molar-refractivity contribution in [3.63, 3.8) is 0 Å². The molecule has 0 atom stereocenters. The van der Waals surface area contributed by atoms with Crippen molar-refractivity contribution in [3.8, 4) is 0 Å². The molecule has 0 amide bonds. The lowest BCUT2D eigenvalue weighted by molar-refractivity contribution is -0.169. The van der Waals surface area contributed by atoms with E-state index in [-0.39, 0.29) is 0 Å². The van der Waals surface area contributed by atoms with Crippen LogP contribution in [0.3, 0.4) is 0 Å². The summed E-state index contributed by atoms with van der Waals surface area (Å²) in [7, 11) is 0. The first-order valence-electron chi connectivity index (χ1n) is 8.09. The van der Waals surface area contributed by atoms with Gasteiger partial charge in [-0.2, -0.15) is 10.1 Å². The van der Waals surface area contributed by atoms with Gasteiger partial charge in [-0.05, 0) is 12.1 Å². The molecule has 0 unspecified atom stereocenters. The number of ether oxygens (including phenoxy) is 2. The van der Waals surface area contributed by atoms with Gasteiger partial charge in [-0.1, -0.05) is 29.3 Å². The molecule has 25 heavy (non-hydrogen) atoms. The van der Waals surface area contributed by atoms with Gasteiger partial charge in [0.1, 0.15) is 0 Å². The van der Waals surface area contributed by atoms with Gasteiger partial charge in [0.05, 0.1) is 35.1 Å². The molecule has 4 rings (SSSR count). The van der Waals surface area contributed by atoms with E-state index in [1.54, 1.807) is 12.3 Å². The highest BCUT2D eigenvalue weighted by Crippen LogP contribution is 2.33. The van der Waals surface area contributed by atoms with Crippen LogP contribution < -0.4 is 10.2 Å². The van der Waals surface area contributed by atoms with Crippen LogP contribution in [0.1, 0.15) is 12.8 Å². The number of rotatable bonds is 3. The Kier molecular flexibility index (Phi) is 4.64. The molecule has 2 fully saturated rings. The van der Waals surface area contributed by atoms with Crippen LogP contribution in [0.4, 0.5) is 17.5 Å². The van der Waals surface area contributed by atoms with Crippen molar-refractivity contribution in [1.29, 1.82) is 0 Å². The first kappa shape index (κ1) is 16.8. The van der Waals surface area contributed by atoms with Gasteiger partial charge in [0.2, 0.25) is 5.95 Å². The normalized spacial score (nSPS) is 19.4. The molecule has 0 saturated carbocycles. The Balaban J connectivity index is 1.47. The zero-order valence-electron chi connectivity index (χ0n) is 13.4. The van der Waals surface area contributed by atoms with E-state index in [4.69, 9.17) is 32.7 Å². The van der Waals surface area contributed by atoms with Crippen LogP contribution in [0.2, 0.25) is 10.0 Å². The summed E-state index contributed by atoms with van der Waals surface area (Å²) in [5.41, 5.74) is 0.672. The monoisotopic (exact) mass is 381 g/mol. The number of nitrogens with zero attached hydrogens (tertiary/aromatic N) is 4. The summed E-state index contributed by atoms with van der Waals surface area (Å²) in [6.07, 6.45) is 3.12. The van der Waals surface area contributed by atoms with Crippen molar-refractivity contribution in [1.82, 2.24) is 15.2 Å². The number of hydrogen-bond acceptors (Lipinski definition) is 7. The van der Waals surface area contributed by atoms with Crippen LogP contribution >= 0.6 is 23.2 Å². The standard InChI is InChI=1S/C16H17Cl2N5O2/c17-11-2-1-3-12(14(11)18)20-13-10-19-22-15(21-13)23-6-4-16(5-7-23)24-8-9-25-16/h1-3,10H,4-9H2,(H,20,21,22). The van der Waals surface area contributed by atoms with Crippen LogP contribution in [0.25, 0.3) is 0 Å². The van der Waals surface area contributed by atoms with Crippen LogP contribution in [-0.4, -0.2) is 47.3 Å². The first-order valence-corrected chi connectivity index (χ1v) is 8.84. The predicted octanol–water partition coefficient (Wildman–Crippen LogP) is 3.27. The fourth-order valence-corrected chi connectivity index (χ4v) is 3.41. The van der Waals surface area contributed by atoms with Crippen molar-refractivity contribution in [3.05, 3.63) is 34.4 Å². The number of piperidine rings is 1. The average molecular weight is 382 g/mol. The Bertz CT molecular complexity index is 760. The van der Waals surface area contributed by atoms with Gasteiger partial charge in [-0.25, -0.2) is 0 Å². The second-order valence-electron chi connectivity index (χ2n) is 5.96. The maximum Gasteiger partial charge on any atom is 0.247 e. The lowest BCUT2D eigenvalue weighted by atomic mass is 10.0. The third-order valence-corrected chi connectivity index (χ3v) is 5.20. The molecule has 0 aliphatic carbocycles. The van der Waals surface area contributed by atoms with Crippen molar-refractivity contribution in [2.45, 2.75) is 18.6 Å². The number of benzene rings is 1. The van der Waals surface area contributed by atoms with E-state index in [0.717, 1.165) is 25.9 Å². The highest BCUT2D eigenvalue weighted by Gasteiger charge is 2.40. The van der Waals surface area contributed by atoms with Crippen LogP contribution in [0, 0.1) is 0 Å². The Morgan fingerprint density at radius 3 is 2.64 bits per heavy atom. The Morgan fingerprint density at radius 2 is 1.88 bits per heavy atom. The van der Waals surface area contributed by atoms with Crippen molar-refractivity contribution in [2.24, 2.45) is 0 Å². The number of halogens is 2. The van der Waals surface area contributed by atoms with Crippen LogP contribution in [0.15, 0.2) is 24.4 Å². The number of hydrogen-bond donors (Lipinski definition) is 1. The second kappa shape index (κ2) is 6.92. The van der Waals surface area contributed by atoms with Crippen molar-refractivity contribution >= 4 is 40.7 Å². The highest BCUT2D eigenvalue weighted by molar-refractivity contribution is 6.43. The molecule has 9 heteroatoms. The lowest BCUT2D eigenvalue weighted by Crippen LogP contribution is -2.45. The molecule has 1 aromatic carbocycles. The molecule has 2 saturated heterocycles. The summed E-state index contributed by atoms with van der Waals surface area (Å²) < 4.78 is 11.5. The summed E-state index contributed by atoms with van der Waals surface area (Å²) in [6.45, 7) is 2.84. The summed E-state index contributed by atoms with van der Waals surface area (Å²) in [4.78, 5) is 6.61. The Labute approximate surface area is 155 Å². The topological polar surface area (TPSA) is 72.4 Å². The van der Waals surface area contributed by atoms with E-state index in [2.05, 4.69) is 25.4 Å². The van der Waals surface area contributed by atoms with Gasteiger partial charge in [0.25, 0.3) is 0 Å². The SMILES string of the molecule is Clc1cccc(Nc2cnnc(N3CCC4(CC3)OCCO4)n2)c1Cl. The molecule has 3 heterocycles. The van der Waals surface area contributed by atoms with Crippen molar-refractivity contribution in [2.75, 3.05) is 36.5 Å². The smallest absolute Gasteiger partial charge is 0.247 e. The summed E-state index contributed by atoms with van der Waals surface area (Å²) in [5, 5.41) is 12.2. The quantitative estimate of drug-likeness (QED) is 0.874. The van der Waals surface area contributed by atoms with E-state index < -0.39 is 5.79 Å². The molecular formula is C16H17Cl2N5O2. The predicted molar refractivity (Wildman–Crippen MR) is 95.7 cm³/mol. The highest BCUT2D eigenvalue weighted by atomic mass is 35.5. The second-order valence-corrected chi connectivity index (χ2v) is 6.75. The first-order chi connectivity index (χ1) is 12.2. The lowest BCUT2D eigenvalue weighted by Gasteiger charge is -2.37. The molecule has 7 nitrogen and oxygen atoms in total. The Morgan fingerprint density at radius 1 is 1.12 bits per heavy atom. The van der Waals surface area contributed by atoms with Crippen LogP contribution in [0.5, 0.6) is 0 Å². The van der Waals surface area contributed by atoms with Gasteiger partial charge in [0.15, 0.2) is 11.6 Å². The fourth-order valence-electron chi connectivity index (χ4n) is 3.06. The number of anilines is 3. The van der Waals surface area contributed by atoms with E-state index in [0.29, 0.717) is 40.7 Å². The minimum Gasteiger partial charge on any atom is -0.347 e. The average Bonchev–Trinajstić information content (AvgIpc) is 3.08. The minimum atomic E-state index is -0.423. The molecule has 132 valence electrons. The number of aromatic nitrogens is 3. The zero-order chi connectivity index (χ0) is 17.3. The fraction of sp³-hybridized carbons (Fsp3) is 0.438. The van der Waals surface area contributed by atoms with E-state index in [1.807, 2.05) is 12.1 Å². The molecule has 2 aromatic rings. The minimum absolute atomic E-state index is 0.423. The number of nitrogens with one attached hydrogen (secondary N) is 1. The largest absolute Gasteiger partial charge is 0.347 e. The molecule has 1 N–H and O–H groups in total. The molecule has 2 aliphatic heterocycles. The molecule has 0 bridgehead atoms. The maximum absolute atomic E-state index is 6.20. The van der Waals surface area contributed by atoms with E-state index in [1.165, 1.54) is 0 Å². The molecule has 2 aliphatic rings. The molecule has 0 radical (unpaired) electrons. The van der Waals surface area contributed by atoms with Gasteiger partial charge in [-0.15, -0.1) is 5.10 Å². The Hall–Kier alpha value is -1.67. The zero-order valence-corrected chi connectivity index (χ0v) is 14.9. The van der Waals surface area contributed by atoms with Gasteiger partial charge < -0.3 is 19.7 Å². The summed E-state index contributed by atoms with van der Waals surface area (Å²) in [6, 6.07) is 5.38. The van der Waals surface area contributed by atoms with Gasteiger partial charge in [-0.3, -0.25) is 0 Å². The van der Waals surface area contributed by atoms with Gasteiger partial charge in [0, 0.05) is 25.9 Å². The summed E-state index contributed by atoms with van der Waals surface area (Å²) in [5.74, 6) is 0.701. The van der Waals surface area contributed by atoms with Gasteiger partial charge >= 0.3 is 0 Å². The van der Waals surface area contributed by atoms with Crippen molar-refractivity contribution < 1.29 is 9.47 Å². The van der Waals surface area contributed by atoms with E-state index in [9.17, 15) is 0 Å². The summed E-state index contributed by atoms with van der Waals surface area (Å²) >= 11 is 12.2. The maximum atomic E-state index is 6.20. The van der Waals surface area contributed by atoms with Crippen LogP contribution in [-0.2, 0) is 9.47 Å². The third-order valence-electron chi connectivity index (χ3n) is 4.38. The molecule has 1 spiro atoms. The molecular weight excluding hydrogens is 365 g/mol. The molecule has 1 aromatic heterocycles. The third kappa shape index (κ3) is 3.50.